The number of esters is 1. The molecule has 1 aromatic rings. The van der Waals surface area contributed by atoms with E-state index >= 15 is 0 Å². The summed E-state index contributed by atoms with van der Waals surface area (Å²) in [6.07, 6.45) is 0.849. The predicted molar refractivity (Wildman–Crippen MR) is 80.3 cm³/mol. The highest BCUT2D eigenvalue weighted by Gasteiger charge is 2.45. The summed E-state index contributed by atoms with van der Waals surface area (Å²) >= 11 is 0. The van der Waals surface area contributed by atoms with Crippen molar-refractivity contribution in [2.24, 2.45) is 11.8 Å². The van der Waals surface area contributed by atoms with Gasteiger partial charge in [0.05, 0.1) is 39.5 Å². The van der Waals surface area contributed by atoms with Crippen LogP contribution in [0.1, 0.15) is 24.8 Å². The summed E-state index contributed by atoms with van der Waals surface area (Å²) in [5.74, 6) is 2.06. The highest BCUT2D eigenvalue weighted by atomic mass is 16.5. The monoisotopic (exact) mass is 306 g/mol. The molecule has 1 saturated heterocycles. The second kappa shape index (κ2) is 6.57. The molecule has 1 aliphatic carbocycles. The molecule has 0 bridgehead atoms. The molecule has 0 aromatic heterocycles. The van der Waals surface area contributed by atoms with Gasteiger partial charge in [0.25, 0.3) is 0 Å². The van der Waals surface area contributed by atoms with E-state index in [0.29, 0.717) is 24.9 Å². The van der Waals surface area contributed by atoms with Crippen LogP contribution in [-0.2, 0) is 14.3 Å². The van der Waals surface area contributed by atoms with E-state index in [2.05, 4.69) is 0 Å². The van der Waals surface area contributed by atoms with Crippen molar-refractivity contribution < 1.29 is 23.7 Å². The average Bonchev–Trinajstić information content (AvgIpc) is 3.26. The molecule has 2 aliphatic rings. The fourth-order valence-corrected chi connectivity index (χ4v) is 2.70. The first-order valence-electron chi connectivity index (χ1n) is 7.78. The maximum absolute atomic E-state index is 11.7. The number of hydrogen-bond acceptors (Lipinski definition) is 5. The van der Waals surface area contributed by atoms with E-state index < -0.39 is 0 Å². The third kappa shape index (κ3) is 3.19. The molecule has 1 saturated carbocycles. The number of methoxy groups -OCH3 is 1. The van der Waals surface area contributed by atoms with Gasteiger partial charge in [0.1, 0.15) is 0 Å². The van der Waals surface area contributed by atoms with Crippen molar-refractivity contribution in [1.82, 2.24) is 0 Å². The Morgan fingerprint density at radius 3 is 2.77 bits per heavy atom. The molecular weight excluding hydrogens is 284 g/mol. The number of ether oxygens (including phenoxy) is 4. The van der Waals surface area contributed by atoms with Gasteiger partial charge in [-0.1, -0.05) is 6.07 Å². The van der Waals surface area contributed by atoms with E-state index in [4.69, 9.17) is 18.9 Å². The van der Waals surface area contributed by atoms with E-state index in [1.165, 1.54) is 0 Å². The lowest BCUT2D eigenvalue weighted by Gasteiger charge is -2.26. The van der Waals surface area contributed by atoms with Gasteiger partial charge in [-0.15, -0.1) is 0 Å². The SMILES string of the molecule is CCOC(=O)C1CC1c1ccc(OCC2COC2)c(OC)c1. The molecule has 0 N–H and O–H groups in total. The van der Waals surface area contributed by atoms with Crippen molar-refractivity contribution in [3.8, 4) is 11.5 Å². The van der Waals surface area contributed by atoms with Crippen molar-refractivity contribution >= 4 is 5.97 Å². The van der Waals surface area contributed by atoms with Crippen LogP contribution in [-0.4, -0.2) is 39.5 Å². The van der Waals surface area contributed by atoms with Gasteiger partial charge >= 0.3 is 5.97 Å². The van der Waals surface area contributed by atoms with Gasteiger partial charge in [-0.05, 0) is 37.0 Å². The summed E-state index contributed by atoms with van der Waals surface area (Å²) in [7, 11) is 1.63. The fourth-order valence-electron chi connectivity index (χ4n) is 2.70. The normalized spacial score (nSPS) is 23.5. The fraction of sp³-hybridized carbons (Fsp3) is 0.588. The van der Waals surface area contributed by atoms with Crippen molar-refractivity contribution in [3.05, 3.63) is 23.8 Å². The van der Waals surface area contributed by atoms with Crippen LogP contribution in [0.15, 0.2) is 18.2 Å². The summed E-state index contributed by atoms with van der Waals surface area (Å²) in [4.78, 5) is 11.7. The third-order valence-corrected chi connectivity index (χ3v) is 4.18. The highest BCUT2D eigenvalue weighted by molar-refractivity contribution is 5.77. The molecule has 120 valence electrons. The Kier molecular flexibility index (Phi) is 4.52. The average molecular weight is 306 g/mol. The quantitative estimate of drug-likeness (QED) is 0.724. The zero-order valence-corrected chi connectivity index (χ0v) is 13.0. The van der Waals surface area contributed by atoms with Gasteiger partial charge in [0.2, 0.25) is 0 Å². The Balaban J connectivity index is 1.63. The molecule has 22 heavy (non-hydrogen) atoms. The minimum Gasteiger partial charge on any atom is -0.493 e. The standard InChI is InChI=1S/C17H22O5/c1-3-21-17(18)14-7-13(14)12-4-5-15(16(6-12)19-2)22-10-11-8-20-9-11/h4-6,11,13-14H,3,7-10H2,1-2H3. The first-order valence-corrected chi connectivity index (χ1v) is 7.78. The van der Waals surface area contributed by atoms with Crippen molar-refractivity contribution in [3.63, 3.8) is 0 Å². The van der Waals surface area contributed by atoms with Gasteiger partial charge in [-0.25, -0.2) is 0 Å². The van der Waals surface area contributed by atoms with E-state index in [1.807, 2.05) is 25.1 Å². The van der Waals surface area contributed by atoms with Gasteiger partial charge < -0.3 is 18.9 Å². The van der Waals surface area contributed by atoms with Crippen molar-refractivity contribution in [2.45, 2.75) is 19.3 Å². The molecule has 1 heterocycles. The first-order chi connectivity index (χ1) is 10.7. The van der Waals surface area contributed by atoms with Crippen LogP contribution in [0.2, 0.25) is 0 Å². The van der Waals surface area contributed by atoms with Gasteiger partial charge in [-0.3, -0.25) is 4.79 Å². The topological polar surface area (TPSA) is 54.0 Å². The van der Waals surface area contributed by atoms with E-state index in [-0.39, 0.29) is 17.8 Å². The molecular formula is C17H22O5. The van der Waals surface area contributed by atoms with Crippen LogP contribution in [0.25, 0.3) is 0 Å². The van der Waals surface area contributed by atoms with Crippen LogP contribution in [0.5, 0.6) is 11.5 Å². The molecule has 5 heteroatoms. The minimum absolute atomic E-state index is 0.0106. The molecule has 1 aliphatic heterocycles. The second-order valence-electron chi connectivity index (χ2n) is 5.83. The minimum atomic E-state index is -0.100. The van der Waals surface area contributed by atoms with Crippen LogP contribution in [0, 0.1) is 11.8 Å². The largest absolute Gasteiger partial charge is 0.493 e. The van der Waals surface area contributed by atoms with E-state index in [1.54, 1.807) is 7.11 Å². The second-order valence-corrected chi connectivity index (χ2v) is 5.83. The maximum atomic E-state index is 11.7. The van der Waals surface area contributed by atoms with Gasteiger partial charge in [0.15, 0.2) is 11.5 Å². The lowest BCUT2D eigenvalue weighted by molar-refractivity contribution is -0.144. The Labute approximate surface area is 130 Å². The number of benzene rings is 1. The van der Waals surface area contributed by atoms with Crippen LogP contribution < -0.4 is 9.47 Å². The molecule has 0 amide bonds. The van der Waals surface area contributed by atoms with Crippen molar-refractivity contribution in [1.29, 1.82) is 0 Å². The first kappa shape index (κ1) is 15.2. The smallest absolute Gasteiger partial charge is 0.309 e. The number of carbonyl (C=O) groups is 1. The lowest BCUT2D eigenvalue weighted by atomic mass is 10.1. The molecule has 5 nitrogen and oxygen atoms in total. The number of rotatable bonds is 7. The molecule has 0 radical (unpaired) electrons. The molecule has 1 aromatic carbocycles. The lowest BCUT2D eigenvalue weighted by Crippen LogP contribution is -2.32. The number of carbonyl (C=O) groups excluding carboxylic acids is 1. The summed E-state index contributed by atoms with van der Waals surface area (Å²) < 4.78 is 21.4. The Hall–Kier alpha value is -1.75. The Morgan fingerprint density at radius 2 is 2.14 bits per heavy atom. The Morgan fingerprint density at radius 1 is 1.32 bits per heavy atom. The van der Waals surface area contributed by atoms with Gasteiger partial charge in [0, 0.05) is 5.92 Å². The molecule has 0 spiro atoms. The molecule has 2 fully saturated rings. The van der Waals surface area contributed by atoms with Crippen molar-refractivity contribution in [2.75, 3.05) is 33.5 Å². The summed E-state index contributed by atoms with van der Waals surface area (Å²) in [6, 6.07) is 5.91. The molecule has 2 atom stereocenters. The zero-order chi connectivity index (χ0) is 15.5. The summed E-state index contributed by atoms with van der Waals surface area (Å²) in [5.41, 5.74) is 1.11. The van der Waals surface area contributed by atoms with Gasteiger partial charge in [-0.2, -0.15) is 0 Å². The van der Waals surface area contributed by atoms with Crippen LogP contribution in [0.4, 0.5) is 0 Å². The molecule has 2 unspecified atom stereocenters. The third-order valence-electron chi connectivity index (χ3n) is 4.18. The summed E-state index contributed by atoms with van der Waals surface area (Å²) in [6.45, 7) is 4.44. The zero-order valence-electron chi connectivity index (χ0n) is 13.0. The predicted octanol–water partition coefficient (Wildman–Crippen LogP) is 2.39. The summed E-state index contributed by atoms with van der Waals surface area (Å²) in [5, 5.41) is 0. The van der Waals surface area contributed by atoms with Crippen LogP contribution in [0.3, 0.4) is 0 Å². The number of hydrogen-bond donors (Lipinski definition) is 0. The van der Waals surface area contributed by atoms with E-state index in [9.17, 15) is 4.79 Å². The molecule has 3 rings (SSSR count). The van der Waals surface area contributed by atoms with E-state index in [0.717, 1.165) is 30.9 Å². The highest BCUT2D eigenvalue weighted by Crippen LogP contribution is 2.49. The maximum Gasteiger partial charge on any atom is 0.309 e. The van der Waals surface area contributed by atoms with Crippen LogP contribution >= 0.6 is 0 Å². The Bertz CT molecular complexity index is 538.